The molecule has 93 heavy (non-hydrogen) atoms. The number of benzene rings is 18. The van der Waals surface area contributed by atoms with E-state index in [4.69, 9.17) is 9.16 Å². The molecule has 1 unspecified atom stereocenters. The molecule has 28 aromatic rings. The van der Waals surface area contributed by atoms with Crippen molar-refractivity contribution in [2.75, 3.05) is 0 Å². The van der Waals surface area contributed by atoms with Gasteiger partial charge in [-0.15, -0.1) is 0 Å². The molecular formula is C89H46O3Si. The Morgan fingerprint density at radius 2 is 0.742 bits per heavy atom. The molecule has 9 aliphatic rings. The molecule has 7 atom stereocenters. The van der Waals surface area contributed by atoms with Gasteiger partial charge >= 0.3 is 5.97 Å². The minimum Gasteiger partial charge on any atom is -0.546 e. The fraction of sp³-hybridized carbons (Fsp3) is 0.292. The normalized spacial score (nSPS) is 30.4. The van der Waals surface area contributed by atoms with E-state index in [1.807, 2.05) is 11.1 Å². The van der Waals surface area contributed by atoms with Gasteiger partial charge in [0.05, 0.1) is 5.76 Å². The van der Waals surface area contributed by atoms with Gasteiger partial charge in [-0.2, -0.15) is 0 Å². The maximum Gasteiger partial charge on any atom is 0.302 e. The fourth-order valence-corrected chi connectivity index (χ4v) is 34.1. The molecule has 0 heterocycles. The molecule has 37 rings (SSSR count). The van der Waals surface area contributed by atoms with Gasteiger partial charge in [0.1, 0.15) is 6.10 Å². The summed E-state index contributed by atoms with van der Waals surface area (Å²) in [6.45, 7) is 20.0. The monoisotopic (exact) mass is 1190 g/mol. The lowest BCUT2D eigenvalue weighted by Gasteiger charge is -2.61. The third kappa shape index (κ3) is 2.63. The Hall–Kier alpha value is -8.57. The predicted octanol–water partition coefficient (Wildman–Crippen LogP) is 24.1. The molecule has 0 aliphatic heterocycles. The van der Waals surface area contributed by atoms with Gasteiger partial charge in [0.2, 0.25) is 8.32 Å². The molecule has 0 bridgehead atoms. The lowest BCUT2D eigenvalue weighted by molar-refractivity contribution is -0.148. The Morgan fingerprint density at radius 3 is 1.06 bits per heavy atom. The summed E-state index contributed by atoms with van der Waals surface area (Å²) < 4.78 is 14.9. The van der Waals surface area contributed by atoms with Crippen LogP contribution in [0.2, 0.25) is 18.1 Å². The van der Waals surface area contributed by atoms with E-state index >= 15 is 0 Å². The van der Waals surface area contributed by atoms with E-state index in [0.717, 1.165) is 32.1 Å². The summed E-state index contributed by atoms with van der Waals surface area (Å²) in [6, 6.07) is 0. The van der Waals surface area contributed by atoms with Gasteiger partial charge in [-0.1, -0.05) is 46.3 Å². The Labute approximate surface area is 523 Å². The number of ether oxygens (including phenoxy) is 1. The van der Waals surface area contributed by atoms with Crippen LogP contribution in [0, 0.1) is 34.5 Å². The van der Waals surface area contributed by atoms with Gasteiger partial charge in [-0.05, 0) is 410 Å². The van der Waals surface area contributed by atoms with Crippen LogP contribution in [-0.2, 0) is 24.8 Å². The van der Waals surface area contributed by atoms with Crippen molar-refractivity contribution in [2.24, 2.45) is 34.5 Å². The average molecular weight is 1190 g/mol. The highest BCUT2D eigenvalue weighted by atomic mass is 28.4. The highest BCUT2D eigenvalue weighted by Crippen LogP contribution is 2.89. The molecule has 3 saturated carbocycles. The van der Waals surface area contributed by atoms with Crippen molar-refractivity contribution in [1.29, 1.82) is 0 Å². The number of fused-ring (bicyclic) bond motifs is 7. The maximum absolute atomic E-state index is 12.6. The zero-order valence-corrected chi connectivity index (χ0v) is 53.3. The summed E-state index contributed by atoms with van der Waals surface area (Å²) in [5.74, 6) is 3.33. The minimum atomic E-state index is -2.48. The molecule has 0 radical (unpaired) electrons. The van der Waals surface area contributed by atoms with Crippen LogP contribution >= 0.6 is 0 Å². The van der Waals surface area contributed by atoms with Crippen LogP contribution in [0.15, 0.2) is 23.0 Å². The van der Waals surface area contributed by atoms with Crippen LogP contribution in [-0.4, -0.2) is 20.4 Å². The average Bonchev–Trinajstić information content (AvgIpc) is 1.38. The van der Waals surface area contributed by atoms with Crippen molar-refractivity contribution in [3.63, 3.8) is 0 Å². The molecular weight excluding hydrogens is 1150 g/mol. The number of esters is 1. The SMILES string of the molecule is CC(=O)O[C@H]1CC[C@@]2(C)C(=CC[C@@H]3[C@@H]2CC[C@]2(C)C4=C(O[Si](C)(C)C(C)(C)C)CC56c7c8c9c%10c%11c%12c(c%13c%14c5c5c7c7c%15c8c8c9c9c%11c%11c%16c%12c%12c%13c%13c%14c%14c5c5c7c7c%15c%15c8c8c9c%11c9c%11c%16c%12c%12c%13c%13c%14c5c5c7c7c%15c8c9c8c%11c%12c%13c5c78)C%106C4C[C@@H]32)C1. The van der Waals surface area contributed by atoms with Crippen LogP contribution in [0.25, 0.3) is 291 Å². The number of hydrogen-bond donors (Lipinski definition) is 0. The standard InChI is InChI=1S/C89H46O3Si/c1-18(90)91-20-11-13-86(5)19(15-20)9-10-21-22(86)12-14-87(6)23(21)16-24-80(87)25(92-93(7,8)85(2,3)4)17-88-81-72-64-54-44-36-28-26-27-30-34-32(28)40-48-42(34)52-46-38(30)39-31(27)35-33-29(26)37(36)45-51-41(33)49-43(35)53-47(39)57-56(46)68-62(52)70-60(48)66(58(64)50(40)44)74(81)76(70)83-78(68)79-69(57)63(53)71-61(49)67-59(51)65(55(45)54)73(72)82(88)75(67)77(71)84(79)89(24,83)88/h9,20-24H,10-17H2,1-8H3/t20-,21+,22-,23-,24?,86-,87-,88?,89?/m0/s1. The zero-order chi connectivity index (χ0) is 58.5. The molecule has 3 nitrogen and oxygen atoms in total. The Morgan fingerprint density at radius 1 is 0.430 bits per heavy atom. The van der Waals surface area contributed by atoms with Crippen molar-refractivity contribution < 1.29 is 14.0 Å². The summed E-state index contributed by atoms with van der Waals surface area (Å²) in [5, 5.41) is 91.0. The van der Waals surface area contributed by atoms with E-state index in [1.54, 1.807) is 320 Å². The van der Waals surface area contributed by atoms with Gasteiger partial charge in [0.25, 0.3) is 0 Å². The third-order valence-corrected chi connectivity index (χ3v) is 39.6. The van der Waals surface area contributed by atoms with E-state index in [1.165, 1.54) is 25.0 Å². The first-order valence-electron chi connectivity index (χ1n) is 36.3. The molecule has 0 N–H and O–H groups in total. The molecule has 0 amide bonds. The van der Waals surface area contributed by atoms with Crippen LogP contribution in [0.3, 0.4) is 0 Å². The summed E-state index contributed by atoms with van der Waals surface area (Å²) in [4.78, 5) is 12.6. The second-order valence-corrected chi connectivity index (χ2v) is 42.0. The van der Waals surface area contributed by atoms with Gasteiger partial charge in [0.15, 0.2) is 0 Å². The second-order valence-electron chi connectivity index (χ2n) is 37.3. The Bertz CT molecular complexity index is 8180. The van der Waals surface area contributed by atoms with Crippen molar-refractivity contribution >= 4 is 305 Å². The van der Waals surface area contributed by atoms with E-state index in [9.17, 15) is 4.79 Å². The summed E-state index contributed by atoms with van der Waals surface area (Å²) in [7, 11) is -2.48. The molecule has 28 aromatic carbocycles. The van der Waals surface area contributed by atoms with Gasteiger partial charge in [0, 0.05) is 30.6 Å². The largest absolute Gasteiger partial charge is 0.546 e. The van der Waals surface area contributed by atoms with Crippen molar-refractivity contribution in [2.45, 2.75) is 128 Å². The van der Waals surface area contributed by atoms with Gasteiger partial charge in [-0.25, -0.2) is 0 Å². The summed E-state index contributed by atoms with van der Waals surface area (Å²) in [6.07, 6.45) is 11.6. The van der Waals surface area contributed by atoms with Crippen LogP contribution in [0.5, 0.6) is 0 Å². The number of carbonyl (C=O) groups excluding carboxylic acids is 1. The van der Waals surface area contributed by atoms with Crippen molar-refractivity contribution in [3.05, 3.63) is 45.2 Å². The number of rotatable bonds is 3. The van der Waals surface area contributed by atoms with Crippen LogP contribution in [0.4, 0.5) is 0 Å². The lowest BCUT2D eigenvalue weighted by atomic mass is 9.40. The molecule has 3 fully saturated rings. The summed E-state index contributed by atoms with van der Waals surface area (Å²) in [5.41, 5.74) is 10.1. The lowest BCUT2D eigenvalue weighted by Crippen LogP contribution is -2.59. The van der Waals surface area contributed by atoms with Crippen LogP contribution < -0.4 is 0 Å². The molecule has 2 spiro atoms. The third-order valence-electron chi connectivity index (χ3n) is 35.2. The Kier molecular flexibility index (Phi) is 4.38. The molecule has 0 saturated heterocycles. The van der Waals surface area contributed by atoms with E-state index in [0.29, 0.717) is 17.8 Å². The van der Waals surface area contributed by atoms with Gasteiger partial charge < -0.3 is 9.16 Å². The van der Waals surface area contributed by atoms with Crippen molar-refractivity contribution in [3.8, 4) is 0 Å². The highest BCUT2D eigenvalue weighted by molar-refractivity contribution is 6.82. The Balaban J connectivity index is 0.860. The first-order valence-corrected chi connectivity index (χ1v) is 39.2. The quantitative estimate of drug-likeness (QED) is 0.0765. The molecule has 9 aliphatic carbocycles. The summed E-state index contributed by atoms with van der Waals surface area (Å²) >= 11 is 0. The number of hydrogen-bond acceptors (Lipinski definition) is 3. The topological polar surface area (TPSA) is 35.5 Å². The first-order chi connectivity index (χ1) is 45.2. The predicted molar refractivity (Wildman–Crippen MR) is 390 cm³/mol. The van der Waals surface area contributed by atoms with E-state index in [-0.39, 0.29) is 44.7 Å². The minimum absolute atomic E-state index is 0.000921. The highest BCUT2D eigenvalue weighted by Gasteiger charge is 2.78. The van der Waals surface area contributed by atoms with Gasteiger partial charge in [-0.3, -0.25) is 4.79 Å². The second kappa shape index (κ2) is 9.89. The number of carbonyl (C=O) groups is 1. The van der Waals surface area contributed by atoms with Crippen LogP contribution in [0.1, 0.15) is 115 Å². The molecule has 4 heteroatoms. The first kappa shape index (κ1) is 41.2. The zero-order valence-electron chi connectivity index (χ0n) is 52.3. The van der Waals surface area contributed by atoms with E-state index in [2.05, 4.69) is 53.8 Å². The maximum atomic E-state index is 12.6. The number of allylic oxidation sites excluding steroid dienone is 3. The fourth-order valence-electron chi connectivity index (χ4n) is 33.0. The molecule has 424 valence electrons. The van der Waals surface area contributed by atoms with Crippen molar-refractivity contribution in [1.82, 2.24) is 0 Å². The smallest absolute Gasteiger partial charge is 0.302 e. The molecule has 0 aromatic heterocycles. The van der Waals surface area contributed by atoms with E-state index < -0.39 is 8.32 Å².